The first-order chi connectivity index (χ1) is 7.91. The zero-order chi connectivity index (χ0) is 12.6. The van der Waals surface area contributed by atoms with E-state index < -0.39 is 0 Å². The molecule has 1 aromatic rings. The normalized spacial score (nSPS) is 27.4. The molecular weight excluding hydrogens is 212 g/mol. The van der Waals surface area contributed by atoms with Crippen molar-refractivity contribution < 1.29 is 0 Å². The number of imidazole rings is 1. The van der Waals surface area contributed by atoms with Gasteiger partial charge in [-0.25, -0.2) is 4.98 Å². The van der Waals surface area contributed by atoms with Gasteiger partial charge in [-0.2, -0.15) is 0 Å². The second-order valence-electron chi connectivity index (χ2n) is 6.04. The highest BCUT2D eigenvalue weighted by atomic mass is 15.3. The molecule has 0 spiro atoms. The Labute approximate surface area is 104 Å². The van der Waals surface area contributed by atoms with Crippen molar-refractivity contribution in [3.8, 4) is 0 Å². The van der Waals surface area contributed by atoms with E-state index in [1.54, 1.807) is 0 Å². The highest BCUT2D eigenvalue weighted by molar-refractivity contribution is 5.11. The van der Waals surface area contributed by atoms with Crippen molar-refractivity contribution >= 4 is 0 Å². The predicted molar refractivity (Wildman–Crippen MR) is 69.6 cm³/mol. The summed E-state index contributed by atoms with van der Waals surface area (Å²) >= 11 is 0. The molecule has 2 atom stereocenters. The lowest BCUT2D eigenvalue weighted by Crippen LogP contribution is -2.53. The third-order valence-corrected chi connectivity index (χ3v) is 3.70. The molecule has 2 unspecified atom stereocenters. The van der Waals surface area contributed by atoms with Gasteiger partial charge in [0.15, 0.2) is 0 Å². The number of nitrogens with two attached hydrogens (primary N) is 1. The molecule has 0 aliphatic carbocycles. The van der Waals surface area contributed by atoms with E-state index in [4.69, 9.17) is 5.73 Å². The smallest absolute Gasteiger partial charge is 0.0946 e. The standard InChI is InChI=1S/C13H24N4/c1-13(2,3)17-7-5-6-10(14)12(17)11-8-15-9-16(11)4/h8-10,12H,5-7,14H2,1-4H3. The van der Waals surface area contributed by atoms with Crippen LogP contribution in [0.2, 0.25) is 0 Å². The number of hydrogen-bond acceptors (Lipinski definition) is 3. The van der Waals surface area contributed by atoms with Crippen LogP contribution in [0.4, 0.5) is 0 Å². The minimum atomic E-state index is 0.146. The first kappa shape index (κ1) is 12.6. The van der Waals surface area contributed by atoms with Crippen molar-refractivity contribution in [3.05, 3.63) is 18.2 Å². The van der Waals surface area contributed by atoms with Gasteiger partial charge in [-0.3, -0.25) is 4.90 Å². The van der Waals surface area contributed by atoms with Crippen LogP contribution in [0.1, 0.15) is 45.3 Å². The number of hydrogen-bond donors (Lipinski definition) is 1. The Hall–Kier alpha value is -0.870. The first-order valence-electron chi connectivity index (χ1n) is 6.40. The zero-order valence-corrected chi connectivity index (χ0v) is 11.3. The molecule has 2 heterocycles. The summed E-state index contributed by atoms with van der Waals surface area (Å²) in [6, 6.07) is 0.495. The fourth-order valence-electron chi connectivity index (χ4n) is 2.81. The van der Waals surface area contributed by atoms with Crippen LogP contribution in [0.5, 0.6) is 0 Å². The van der Waals surface area contributed by atoms with Gasteiger partial charge in [0.1, 0.15) is 0 Å². The minimum Gasteiger partial charge on any atom is -0.336 e. The molecule has 1 aromatic heterocycles. The molecule has 0 amide bonds. The Balaban J connectivity index is 2.35. The average Bonchev–Trinajstić information content (AvgIpc) is 2.62. The maximum atomic E-state index is 6.34. The lowest BCUT2D eigenvalue weighted by atomic mass is 9.89. The molecule has 1 aliphatic heterocycles. The SMILES string of the molecule is Cn1cncc1C1C(N)CCCN1C(C)(C)C. The van der Waals surface area contributed by atoms with E-state index in [0.29, 0.717) is 0 Å². The second-order valence-corrected chi connectivity index (χ2v) is 6.04. The highest BCUT2D eigenvalue weighted by Gasteiger charge is 2.37. The molecule has 17 heavy (non-hydrogen) atoms. The van der Waals surface area contributed by atoms with Crippen LogP contribution in [0, 0.1) is 0 Å². The van der Waals surface area contributed by atoms with Crippen LogP contribution in [0.3, 0.4) is 0 Å². The average molecular weight is 236 g/mol. The molecule has 4 nitrogen and oxygen atoms in total. The van der Waals surface area contributed by atoms with Crippen LogP contribution < -0.4 is 5.73 Å². The summed E-state index contributed by atoms with van der Waals surface area (Å²) in [7, 11) is 2.05. The topological polar surface area (TPSA) is 47.1 Å². The molecule has 1 aliphatic rings. The lowest BCUT2D eigenvalue weighted by molar-refractivity contribution is 0.0349. The van der Waals surface area contributed by atoms with Gasteiger partial charge < -0.3 is 10.3 Å². The maximum absolute atomic E-state index is 6.34. The zero-order valence-electron chi connectivity index (χ0n) is 11.3. The van der Waals surface area contributed by atoms with Gasteiger partial charge in [0.25, 0.3) is 0 Å². The number of aromatic nitrogens is 2. The summed E-state index contributed by atoms with van der Waals surface area (Å²) in [5.74, 6) is 0. The minimum absolute atomic E-state index is 0.146. The van der Waals surface area contributed by atoms with E-state index in [2.05, 4.69) is 35.2 Å². The molecule has 0 saturated carbocycles. The molecule has 2 rings (SSSR count). The van der Waals surface area contributed by atoms with Gasteiger partial charge in [-0.15, -0.1) is 0 Å². The van der Waals surface area contributed by atoms with Crippen LogP contribution >= 0.6 is 0 Å². The van der Waals surface area contributed by atoms with Gasteiger partial charge in [0, 0.05) is 24.8 Å². The van der Waals surface area contributed by atoms with E-state index in [-0.39, 0.29) is 17.6 Å². The largest absolute Gasteiger partial charge is 0.336 e. The van der Waals surface area contributed by atoms with E-state index in [1.807, 2.05) is 19.6 Å². The Bertz CT molecular complexity index is 377. The summed E-state index contributed by atoms with van der Waals surface area (Å²) < 4.78 is 2.09. The molecule has 2 N–H and O–H groups in total. The predicted octanol–water partition coefficient (Wildman–Crippen LogP) is 1.68. The van der Waals surface area contributed by atoms with Gasteiger partial charge in [-0.1, -0.05) is 0 Å². The van der Waals surface area contributed by atoms with Gasteiger partial charge in [-0.05, 0) is 40.2 Å². The Morgan fingerprint density at radius 3 is 2.65 bits per heavy atom. The van der Waals surface area contributed by atoms with E-state index >= 15 is 0 Å². The molecule has 0 bridgehead atoms. The first-order valence-corrected chi connectivity index (χ1v) is 6.40. The third kappa shape index (κ3) is 2.38. The number of likely N-dealkylation sites (tertiary alicyclic amines) is 1. The highest BCUT2D eigenvalue weighted by Crippen LogP contribution is 2.34. The molecular formula is C13H24N4. The second kappa shape index (κ2) is 4.42. The van der Waals surface area contributed by atoms with Crippen molar-refractivity contribution in [2.45, 2.75) is 51.2 Å². The van der Waals surface area contributed by atoms with Gasteiger partial charge >= 0.3 is 0 Å². The fourth-order valence-corrected chi connectivity index (χ4v) is 2.81. The van der Waals surface area contributed by atoms with E-state index in [0.717, 1.165) is 13.0 Å². The monoisotopic (exact) mass is 236 g/mol. The van der Waals surface area contributed by atoms with Crippen molar-refractivity contribution in [2.24, 2.45) is 12.8 Å². The fraction of sp³-hybridized carbons (Fsp3) is 0.769. The Morgan fingerprint density at radius 1 is 1.41 bits per heavy atom. The van der Waals surface area contributed by atoms with Crippen LogP contribution in [0.25, 0.3) is 0 Å². The van der Waals surface area contributed by atoms with Gasteiger partial charge in [0.2, 0.25) is 0 Å². The summed E-state index contributed by atoms with van der Waals surface area (Å²) in [4.78, 5) is 6.74. The molecule has 4 heteroatoms. The van der Waals surface area contributed by atoms with Crippen LogP contribution in [0.15, 0.2) is 12.5 Å². The van der Waals surface area contributed by atoms with Crippen LogP contribution in [-0.4, -0.2) is 32.6 Å². The Morgan fingerprint density at radius 2 is 2.12 bits per heavy atom. The molecule has 1 fully saturated rings. The van der Waals surface area contributed by atoms with E-state index in [9.17, 15) is 0 Å². The number of piperidine rings is 1. The number of aryl methyl sites for hydroxylation is 1. The van der Waals surface area contributed by atoms with Crippen molar-refractivity contribution in [1.82, 2.24) is 14.5 Å². The third-order valence-electron chi connectivity index (χ3n) is 3.70. The summed E-state index contributed by atoms with van der Waals surface area (Å²) in [5, 5.41) is 0. The van der Waals surface area contributed by atoms with Crippen molar-refractivity contribution in [1.29, 1.82) is 0 Å². The molecule has 96 valence electrons. The quantitative estimate of drug-likeness (QED) is 0.807. The molecule has 0 aromatic carbocycles. The summed E-state index contributed by atoms with van der Waals surface area (Å²) in [5.41, 5.74) is 7.72. The summed E-state index contributed by atoms with van der Waals surface area (Å²) in [6.07, 6.45) is 6.10. The molecule has 1 saturated heterocycles. The lowest BCUT2D eigenvalue weighted by Gasteiger charge is -2.47. The summed E-state index contributed by atoms with van der Waals surface area (Å²) in [6.45, 7) is 7.89. The van der Waals surface area contributed by atoms with E-state index in [1.165, 1.54) is 12.1 Å². The van der Waals surface area contributed by atoms with Crippen molar-refractivity contribution in [2.75, 3.05) is 6.54 Å². The number of rotatable bonds is 1. The Kier molecular flexibility index (Phi) is 3.27. The molecule has 0 radical (unpaired) electrons. The van der Waals surface area contributed by atoms with Gasteiger partial charge in [0.05, 0.1) is 18.1 Å². The van der Waals surface area contributed by atoms with Crippen LogP contribution in [-0.2, 0) is 7.05 Å². The number of nitrogens with zero attached hydrogens (tertiary/aromatic N) is 3. The van der Waals surface area contributed by atoms with Crippen molar-refractivity contribution in [3.63, 3.8) is 0 Å². The maximum Gasteiger partial charge on any atom is 0.0946 e.